The van der Waals surface area contributed by atoms with Gasteiger partial charge in [0.2, 0.25) is 5.95 Å². The maximum Gasteiger partial charge on any atom is 0.393 e. The largest absolute Gasteiger partial charge is 0.393 e. The maximum absolute atomic E-state index is 14.0. The predicted octanol–water partition coefficient (Wildman–Crippen LogP) is 4.54. The van der Waals surface area contributed by atoms with E-state index in [0.29, 0.717) is 17.1 Å². The Morgan fingerprint density at radius 2 is 1.77 bits per heavy atom. The molecular weight excluding hydrogens is 350 g/mol. The summed E-state index contributed by atoms with van der Waals surface area (Å²) in [7, 11) is 1.02. The average Bonchev–Trinajstić information content (AvgIpc) is 2.49. The number of nitrogens with zero attached hydrogens (tertiary/aromatic N) is 1. The number of halogens is 4. The van der Waals surface area contributed by atoms with Crippen molar-refractivity contribution in [2.45, 2.75) is 46.2 Å². The van der Waals surface area contributed by atoms with Crippen LogP contribution < -0.4 is 11.2 Å². The van der Waals surface area contributed by atoms with Crippen LogP contribution in [0.4, 0.5) is 23.2 Å². The summed E-state index contributed by atoms with van der Waals surface area (Å²) in [5.74, 6) is 2.58. The van der Waals surface area contributed by atoms with Gasteiger partial charge in [0.1, 0.15) is 0 Å². The fourth-order valence-electron chi connectivity index (χ4n) is 2.23. The minimum absolute atomic E-state index is 0.0484. The van der Waals surface area contributed by atoms with E-state index in [2.05, 4.69) is 26.1 Å². The zero-order valence-corrected chi connectivity index (χ0v) is 15.4. The molecule has 0 saturated heterocycles. The van der Waals surface area contributed by atoms with Crippen LogP contribution in [0.15, 0.2) is 35.8 Å². The number of para-hydroxylation sites is 1. The van der Waals surface area contributed by atoms with Crippen LogP contribution in [0.3, 0.4) is 0 Å². The molecule has 0 spiro atoms. The zero-order chi connectivity index (χ0) is 20.1. The van der Waals surface area contributed by atoms with Crippen molar-refractivity contribution in [3.8, 4) is 0 Å². The van der Waals surface area contributed by atoms with Crippen molar-refractivity contribution >= 4 is 11.6 Å². The number of hydrazine groups is 1. The Kier molecular flexibility index (Phi) is 7.20. The Bertz CT molecular complexity index is 661. The lowest BCUT2D eigenvalue weighted by atomic mass is 9.88. The first kappa shape index (κ1) is 22.0. The molecule has 0 aliphatic heterocycles. The highest BCUT2D eigenvalue weighted by Crippen LogP contribution is 2.29. The van der Waals surface area contributed by atoms with E-state index in [4.69, 9.17) is 5.84 Å². The van der Waals surface area contributed by atoms with Crippen molar-refractivity contribution in [1.82, 2.24) is 5.01 Å². The maximum atomic E-state index is 14.0. The number of rotatable bonds is 6. The first-order valence-corrected chi connectivity index (χ1v) is 8.13. The number of hydrogen-bond acceptors (Lipinski definition) is 3. The van der Waals surface area contributed by atoms with Gasteiger partial charge in [-0.25, -0.2) is 5.84 Å². The second-order valence-corrected chi connectivity index (χ2v) is 7.34. The van der Waals surface area contributed by atoms with Crippen LogP contribution in [-0.4, -0.2) is 24.1 Å². The van der Waals surface area contributed by atoms with E-state index < -0.39 is 30.0 Å². The molecule has 0 aliphatic carbocycles. The second-order valence-electron chi connectivity index (χ2n) is 7.34. The molecule has 1 amide bonds. The molecule has 0 unspecified atom stereocenters. The van der Waals surface area contributed by atoms with E-state index in [1.807, 2.05) is 0 Å². The van der Waals surface area contributed by atoms with Crippen molar-refractivity contribution in [1.29, 1.82) is 0 Å². The van der Waals surface area contributed by atoms with Gasteiger partial charge in [-0.1, -0.05) is 39.0 Å². The van der Waals surface area contributed by atoms with Crippen LogP contribution in [-0.2, 0) is 11.2 Å². The summed E-state index contributed by atoms with van der Waals surface area (Å²) in [4.78, 5) is 12.3. The van der Waals surface area contributed by atoms with Gasteiger partial charge in [0, 0.05) is 12.7 Å². The minimum Gasteiger partial charge on any atom is -0.322 e. The number of alkyl halides is 3. The van der Waals surface area contributed by atoms with Crippen molar-refractivity contribution < 1.29 is 22.4 Å². The van der Waals surface area contributed by atoms with Crippen molar-refractivity contribution in [3.63, 3.8) is 0 Å². The Hall–Kier alpha value is -2.09. The molecule has 0 radical (unpaired) electrons. The summed E-state index contributed by atoms with van der Waals surface area (Å²) in [5, 5.41) is 2.74. The quantitative estimate of drug-likeness (QED) is 0.252. The molecule has 0 bridgehead atoms. The molecule has 0 fully saturated rings. The molecule has 1 aromatic carbocycles. The topological polar surface area (TPSA) is 58.4 Å². The van der Waals surface area contributed by atoms with Crippen molar-refractivity contribution in [3.05, 3.63) is 41.4 Å². The lowest BCUT2D eigenvalue weighted by molar-refractivity contribution is -0.133. The number of carbonyl (C=O) groups is 1. The number of benzene rings is 1. The average molecular weight is 375 g/mol. The molecule has 26 heavy (non-hydrogen) atoms. The number of nitrogens with one attached hydrogen (secondary N) is 1. The summed E-state index contributed by atoms with van der Waals surface area (Å²) in [6.45, 7) is 6.18. The lowest BCUT2D eigenvalue weighted by Gasteiger charge is -2.20. The van der Waals surface area contributed by atoms with Crippen LogP contribution in [0.2, 0.25) is 0 Å². The fourth-order valence-corrected chi connectivity index (χ4v) is 2.23. The highest BCUT2D eigenvalue weighted by molar-refractivity contribution is 6.04. The van der Waals surface area contributed by atoms with Crippen LogP contribution in [0.25, 0.3) is 0 Å². The summed E-state index contributed by atoms with van der Waals surface area (Å²) in [5.41, 5.74) is 0.109. The lowest BCUT2D eigenvalue weighted by Crippen LogP contribution is -2.29. The molecule has 1 rings (SSSR count). The van der Waals surface area contributed by atoms with Gasteiger partial charge in [-0.3, -0.25) is 9.80 Å². The normalized spacial score (nSPS) is 13.3. The predicted molar refractivity (Wildman–Crippen MR) is 93.6 cm³/mol. The van der Waals surface area contributed by atoms with Gasteiger partial charge in [0.15, 0.2) is 0 Å². The van der Waals surface area contributed by atoms with Gasteiger partial charge in [0.25, 0.3) is 5.91 Å². The number of carbonyl (C=O) groups excluding carboxylic acids is 1. The summed E-state index contributed by atoms with van der Waals surface area (Å²) >= 11 is 0. The van der Waals surface area contributed by atoms with Crippen LogP contribution in [0.1, 0.15) is 39.2 Å². The third-order valence-electron chi connectivity index (χ3n) is 3.62. The van der Waals surface area contributed by atoms with Crippen LogP contribution in [0.5, 0.6) is 0 Å². The van der Waals surface area contributed by atoms with Crippen molar-refractivity contribution in [2.24, 2.45) is 11.3 Å². The smallest absolute Gasteiger partial charge is 0.322 e. The van der Waals surface area contributed by atoms with E-state index >= 15 is 0 Å². The molecule has 146 valence electrons. The number of aryl methyl sites for hydroxylation is 1. The molecule has 3 N–H and O–H groups in total. The Labute approximate surface area is 151 Å². The first-order chi connectivity index (χ1) is 11.8. The minimum atomic E-state index is -4.74. The van der Waals surface area contributed by atoms with Crippen molar-refractivity contribution in [2.75, 3.05) is 12.4 Å². The molecule has 0 saturated carbocycles. The van der Waals surface area contributed by atoms with Crippen LogP contribution >= 0.6 is 0 Å². The fraction of sp³-hybridized carbons (Fsp3) is 0.500. The van der Waals surface area contributed by atoms with E-state index in [1.54, 1.807) is 24.3 Å². The van der Waals surface area contributed by atoms with Gasteiger partial charge in [-0.05, 0) is 29.9 Å². The van der Waals surface area contributed by atoms with E-state index in [-0.39, 0.29) is 5.41 Å². The third kappa shape index (κ3) is 7.43. The summed E-state index contributed by atoms with van der Waals surface area (Å²) < 4.78 is 52.2. The molecule has 1 aromatic rings. The molecule has 0 heterocycles. The SMILES string of the molecule is CN(N)/C(F)=C(\CC(F)(F)F)C(=O)Nc1ccccc1CCC(C)(C)C. The first-order valence-electron chi connectivity index (χ1n) is 8.13. The monoisotopic (exact) mass is 375 g/mol. The summed E-state index contributed by atoms with van der Waals surface area (Å²) in [6.07, 6.45) is -5.02. The molecule has 8 heteroatoms. The molecule has 0 atom stereocenters. The highest BCUT2D eigenvalue weighted by Gasteiger charge is 2.34. The van der Waals surface area contributed by atoms with Gasteiger partial charge in [-0.2, -0.15) is 17.6 Å². The molecule has 4 nitrogen and oxygen atoms in total. The van der Waals surface area contributed by atoms with E-state index in [0.717, 1.165) is 19.0 Å². The van der Waals surface area contributed by atoms with E-state index in [9.17, 15) is 22.4 Å². The number of hydrogen-bond donors (Lipinski definition) is 2. The Morgan fingerprint density at radius 1 is 1.19 bits per heavy atom. The van der Waals surface area contributed by atoms with Gasteiger partial charge >= 0.3 is 6.18 Å². The number of anilines is 1. The number of amides is 1. The van der Waals surface area contributed by atoms with Gasteiger partial charge in [-0.15, -0.1) is 0 Å². The van der Waals surface area contributed by atoms with Gasteiger partial charge in [0.05, 0.1) is 12.0 Å². The van der Waals surface area contributed by atoms with Gasteiger partial charge < -0.3 is 5.32 Å². The third-order valence-corrected chi connectivity index (χ3v) is 3.62. The molecule has 0 aromatic heterocycles. The second kappa shape index (κ2) is 8.53. The molecular formula is C18H25F4N3O. The highest BCUT2D eigenvalue weighted by atomic mass is 19.4. The van der Waals surface area contributed by atoms with Crippen LogP contribution in [0, 0.1) is 5.41 Å². The number of nitrogens with two attached hydrogens (primary N) is 1. The standard InChI is InChI=1S/C18H25F4N3O/c1-17(2,3)10-9-12-7-5-6-8-14(12)24-16(26)13(11-18(20,21)22)15(19)25(4)23/h5-8H,9-11,23H2,1-4H3,(H,24,26)/b15-13+. The Balaban J connectivity index is 3.09. The molecule has 0 aliphatic rings. The Morgan fingerprint density at radius 3 is 2.27 bits per heavy atom. The zero-order valence-electron chi connectivity index (χ0n) is 15.4. The van der Waals surface area contributed by atoms with E-state index in [1.165, 1.54) is 0 Å². The summed E-state index contributed by atoms with van der Waals surface area (Å²) in [6, 6.07) is 6.77.